The molecule has 3 aromatic rings. The fourth-order valence-electron chi connectivity index (χ4n) is 2.75. The summed E-state index contributed by atoms with van der Waals surface area (Å²) in [6, 6.07) is 19.8. The predicted molar refractivity (Wildman–Crippen MR) is 108 cm³/mol. The van der Waals surface area contributed by atoms with Crippen LogP contribution in [0.3, 0.4) is 0 Å². The second-order valence-electron chi connectivity index (χ2n) is 6.26. The van der Waals surface area contributed by atoms with Crippen LogP contribution in [0, 0.1) is 0 Å². The lowest BCUT2D eigenvalue weighted by atomic mass is 9.96. The number of carbonyl (C=O) groups is 1. The molecule has 6 heteroatoms. The molecular formula is C21H23N3O2S. The van der Waals surface area contributed by atoms with E-state index in [1.165, 1.54) is 17.3 Å². The van der Waals surface area contributed by atoms with Crippen LogP contribution < -0.4 is 5.32 Å². The van der Waals surface area contributed by atoms with Gasteiger partial charge in [-0.15, -0.1) is 10.2 Å². The Labute approximate surface area is 163 Å². The molecule has 0 radical (unpaired) electrons. The standard InChI is InChI=1S/C21H23N3O2S/c1-3-16(17-10-6-4-7-11-17)14-22-19(25)15(2)27-21-24-23-20(26-21)18-12-8-5-9-13-18/h4-13,15-16H,3,14H2,1-2H3,(H,22,25)/t15-,16+/m0/s1. The summed E-state index contributed by atoms with van der Waals surface area (Å²) in [5.74, 6) is 0.732. The molecule has 1 heterocycles. The van der Waals surface area contributed by atoms with E-state index in [0.717, 1.165) is 12.0 Å². The Morgan fingerprint density at radius 2 is 1.74 bits per heavy atom. The molecule has 1 aromatic heterocycles. The van der Waals surface area contributed by atoms with E-state index in [4.69, 9.17) is 4.42 Å². The van der Waals surface area contributed by atoms with Gasteiger partial charge in [0.25, 0.3) is 5.22 Å². The first-order chi connectivity index (χ1) is 13.2. The van der Waals surface area contributed by atoms with E-state index in [-0.39, 0.29) is 11.2 Å². The van der Waals surface area contributed by atoms with Gasteiger partial charge in [-0.05, 0) is 31.0 Å². The van der Waals surface area contributed by atoms with Crippen LogP contribution in [0.25, 0.3) is 11.5 Å². The first-order valence-corrected chi connectivity index (χ1v) is 9.93. The Morgan fingerprint density at radius 1 is 1.07 bits per heavy atom. The van der Waals surface area contributed by atoms with Gasteiger partial charge in [0.1, 0.15) is 0 Å². The molecule has 2 aromatic carbocycles. The van der Waals surface area contributed by atoms with Gasteiger partial charge in [-0.3, -0.25) is 4.79 Å². The smallest absolute Gasteiger partial charge is 0.277 e. The van der Waals surface area contributed by atoms with Crippen LogP contribution in [0.5, 0.6) is 0 Å². The molecule has 5 nitrogen and oxygen atoms in total. The molecular weight excluding hydrogens is 358 g/mol. The van der Waals surface area contributed by atoms with E-state index in [2.05, 4.69) is 34.6 Å². The highest BCUT2D eigenvalue weighted by Crippen LogP contribution is 2.26. The summed E-state index contributed by atoms with van der Waals surface area (Å²) in [7, 11) is 0. The number of nitrogens with one attached hydrogen (secondary N) is 1. The first-order valence-electron chi connectivity index (χ1n) is 9.05. The predicted octanol–water partition coefficient (Wildman–Crippen LogP) is 4.53. The molecule has 0 aliphatic rings. The summed E-state index contributed by atoms with van der Waals surface area (Å²) in [5.41, 5.74) is 2.10. The highest BCUT2D eigenvalue weighted by Gasteiger charge is 2.20. The molecule has 0 bridgehead atoms. The lowest BCUT2D eigenvalue weighted by molar-refractivity contribution is -0.120. The van der Waals surface area contributed by atoms with Gasteiger partial charge in [0, 0.05) is 18.0 Å². The van der Waals surface area contributed by atoms with E-state index >= 15 is 0 Å². The number of rotatable bonds is 8. The molecule has 0 spiro atoms. The van der Waals surface area contributed by atoms with Gasteiger partial charge < -0.3 is 9.73 Å². The van der Waals surface area contributed by atoms with Crippen molar-refractivity contribution in [3.8, 4) is 11.5 Å². The summed E-state index contributed by atoms with van der Waals surface area (Å²) < 4.78 is 5.67. The summed E-state index contributed by atoms with van der Waals surface area (Å²) in [6.45, 7) is 4.59. The Kier molecular flexibility index (Phi) is 6.65. The van der Waals surface area contributed by atoms with Crippen LogP contribution in [0.2, 0.25) is 0 Å². The van der Waals surface area contributed by atoms with E-state index in [9.17, 15) is 4.79 Å². The van der Waals surface area contributed by atoms with Gasteiger partial charge >= 0.3 is 0 Å². The maximum absolute atomic E-state index is 12.5. The number of carbonyl (C=O) groups excluding carboxylic acids is 1. The topological polar surface area (TPSA) is 68.0 Å². The van der Waals surface area contributed by atoms with Gasteiger partial charge in [-0.2, -0.15) is 0 Å². The van der Waals surface area contributed by atoms with Crippen LogP contribution >= 0.6 is 11.8 Å². The highest BCUT2D eigenvalue weighted by atomic mass is 32.2. The van der Waals surface area contributed by atoms with Crippen molar-refractivity contribution in [2.75, 3.05) is 6.54 Å². The van der Waals surface area contributed by atoms with Crippen molar-refractivity contribution in [1.29, 1.82) is 0 Å². The van der Waals surface area contributed by atoms with E-state index in [1.807, 2.05) is 55.5 Å². The molecule has 1 N–H and O–H groups in total. The first kappa shape index (κ1) is 19.2. The summed E-state index contributed by atoms with van der Waals surface area (Å²) in [4.78, 5) is 12.5. The molecule has 0 aliphatic heterocycles. The van der Waals surface area contributed by atoms with Gasteiger partial charge in [-0.25, -0.2) is 0 Å². The zero-order valence-electron chi connectivity index (χ0n) is 15.5. The summed E-state index contributed by atoms with van der Waals surface area (Å²) in [6.07, 6.45) is 0.968. The fourth-order valence-corrected chi connectivity index (χ4v) is 3.46. The maximum Gasteiger partial charge on any atom is 0.277 e. The minimum absolute atomic E-state index is 0.0335. The molecule has 0 unspecified atom stereocenters. The van der Waals surface area contributed by atoms with E-state index in [0.29, 0.717) is 23.6 Å². The monoisotopic (exact) mass is 381 g/mol. The van der Waals surface area contributed by atoms with Gasteiger partial charge in [0.2, 0.25) is 11.8 Å². The van der Waals surface area contributed by atoms with Gasteiger partial charge in [-0.1, -0.05) is 67.2 Å². The second-order valence-corrected chi connectivity index (χ2v) is 7.55. The van der Waals surface area contributed by atoms with Crippen molar-refractivity contribution in [3.05, 3.63) is 66.2 Å². The van der Waals surface area contributed by atoms with E-state index in [1.54, 1.807) is 0 Å². The number of aromatic nitrogens is 2. The largest absolute Gasteiger partial charge is 0.411 e. The van der Waals surface area contributed by atoms with Crippen molar-refractivity contribution < 1.29 is 9.21 Å². The van der Waals surface area contributed by atoms with Gasteiger partial charge in [0.05, 0.1) is 5.25 Å². The number of hydrogen-bond donors (Lipinski definition) is 1. The van der Waals surface area contributed by atoms with Crippen LogP contribution in [-0.4, -0.2) is 27.9 Å². The number of hydrogen-bond acceptors (Lipinski definition) is 5. The average Bonchev–Trinajstić information content (AvgIpc) is 3.18. The normalized spacial score (nSPS) is 13.1. The summed E-state index contributed by atoms with van der Waals surface area (Å²) in [5, 5.41) is 11.2. The number of amides is 1. The van der Waals surface area contributed by atoms with Crippen molar-refractivity contribution in [1.82, 2.24) is 15.5 Å². The zero-order chi connectivity index (χ0) is 19.1. The molecule has 0 fully saturated rings. The molecule has 1 amide bonds. The molecule has 2 atom stereocenters. The zero-order valence-corrected chi connectivity index (χ0v) is 16.3. The molecule has 0 aliphatic carbocycles. The Bertz CT molecular complexity index is 852. The molecule has 0 saturated carbocycles. The Morgan fingerprint density at radius 3 is 2.41 bits per heavy atom. The van der Waals surface area contributed by atoms with Gasteiger partial charge in [0.15, 0.2) is 0 Å². The van der Waals surface area contributed by atoms with Crippen molar-refractivity contribution in [2.24, 2.45) is 0 Å². The summed E-state index contributed by atoms with van der Waals surface area (Å²) >= 11 is 1.27. The lowest BCUT2D eigenvalue weighted by Gasteiger charge is -2.17. The number of benzene rings is 2. The highest BCUT2D eigenvalue weighted by molar-refractivity contribution is 8.00. The SMILES string of the molecule is CC[C@H](CNC(=O)[C@H](C)Sc1nnc(-c2ccccc2)o1)c1ccccc1. The molecule has 27 heavy (non-hydrogen) atoms. The Hall–Kier alpha value is -2.60. The maximum atomic E-state index is 12.5. The van der Waals surface area contributed by atoms with Crippen LogP contribution in [0.15, 0.2) is 70.3 Å². The molecule has 3 rings (SSSR count). The minimum atomic E-state index is -0.317. The van der Waals surface area contributed by atoms with Crippen LogP contribution in [0.4, 0.5) is 0 Å². The third kappa shape index (κ3) is 5.20. The number of nitrogens with zero attached hydrogens (tertiary/aromatic N) is 2. The van der Waals surface area contributed by atoms with Crippen LogP contribution in [-0.2, 0) is 4.79 Å². The minimum Gasteiger partial charge on any atom is -0.411 e. The quantitative estimate of drug-likeness (QED) is 0.581. The Balaban J connectivity index is 1.54. The van der Waals surface area contributed by atoms with E-state index < -0.39 is 0 Å². The number of thioether (sulfide) groups is 1. The third-order valence-electron chi connectivity index (χ3n) is 4.36. The fraction of sp³-hybridized carbons (Fsp3) is 0.286. The second kappa shape index (κ2) is 9.37. The molecule has 0 saturated heterocycles. The van der Waals surface area contributed by atoms with Crippen LogP contribution in [0.1, 0.15) is 31.7 Å². The third-order valence-corrected chi connectivity index (χ3v) is 5.29. The van der Waals surface area contributed by atoms with Crippen molar-refractivity contribution in [3.63, 3.8) is 0 Å². The van der Waals surface area contributed by atoms with Crippen molar-refractivity contribution in [2.45, 2.75) is 36.7 Å². The van der Waals surface area contributed by atoms with Crippen molar-refractivity contribution >= 4 is 17.7 Å². The average molecular weight is 382 g/mol. The lowest BCUT2D eigenvalue weighted by Crippen LogP contribution is -2.34. The molecule has 140 valence electrons.